The maximum Gasteiger partial charge on any atom is 0.202 e. The number of rotatable bonds is 5. The lowest BCUT2D eigenvalue weighted by Crippen LogP contribution is -2.17. The van der Waals surface area contributed by atoms with E-state index in [2.05, 4.69) is 72.7 Å². The van der Waals surface area contributed by atoms with Crippen LogP contribution >= 0.6 is 11.5 Å². The van der Waals surface area contributed by atoms with Crippen molar-refractivity contribution in [3.8, 4) is 0 Å². The first kappa shape index (κ1) is 15.0. The number of nitrogens with one attached hydrogen (secondary N) is 1. The van der Waals surface area contributed by atoms with Crippen LogP contribution in [-0.2, 0) is 11.8 Å². The number of hydrogen-bond donors (Lipinski definition) is 1. The first-order chi connectivity index (χ1) is 9.45. The normalized spacial score (nSPS) is 13.2. The highest BCUT2D eigenvalue weighted by Crippen LogP contribution is 2.23. The first-order valence-corrected chi connectivity index (χ1v) is 7.87. The molecule has 0 fully saturated rings. The number of benzene rings is 1. The molecule has 1 aromatic heterocycles. The van der Waals surface area contributed by atoms with E-state index in [9.17, 15) is 0 Å². The van der Waals surface area contributed by atoms with Crippen molar-refractivity contribution in [2.75, 3.05) is 5.32 Å². The molecule has 0 aliphatic carbocycles. The summed E-state index contributed by atoms with van der Waals surface area (Å²) in [6, 6.07) is 11.0. The van der Waals surface area contributed by atoms with Gasteiger partial charge in [0.05, 0.1) is 0 Å². The molecule has 1 aromatic carbocycles. The summed E-state index contributed by atoms with van der Waals surface area (Å²) < 4.78 is 4.43. The molecule has 0 amide bonds. The molecule has 0 saturated heterocycles. The second-order valence-electron chi connectivity index (χ2n) is 6.24. The summed E-state index contributed by atoms with van der Waals surface area (Å²) in [4.78, 5) is 4.57. The largest absolute Gasteiger partial charge is 0.358 e. The van der Waals surface area contributed by atoms with Crippen molar-refractivity contribution in [3.63, 3.8) is 0 Å². The zero-order valence-electron chi connectivity index (χ0n) is 12.7. The minimum Gasteiger partial charge on any atom is -0.358 e. The molecular weight excluding hydrogens is 266 g/mol. The molecular formula is C16H23N3S. The third-order valence-corrected chi connectivity index (χ3v) is 3.82. The van der Waals surface area contributed by atoms with Crippen molar-refractivity contribution in [3.05, 3.63) is 41.7 Å². The summed E-state index contributed by atoms with van der Waals surface area (Å²) in [7, 11) is 0. The Labute approximate surface area is 125 Å². The SMILES string of the molecule is CC(CCc1ccccc1)Nc1nc(C(C)(C)C)ns1. The molecule has 0 aliphatic rings. The molecule has 1 unspecified atom stereocenters. The van der Waals surface area contributed by atoms with Gasteiger partial charge in [0, 0.05) is 23.0 Å². The first-order valence-electron chi connectivity index (χ1n) is 7.10. The number of anilines is 1. The average Bonchev–Trinajstić information content (AvgIpc) is 2.86. The van der Waals surface area contributed by atoms with Crippen LogP contribution in [0.3, 0.4) is 0 Å². The number of aryl methyl sites for hydroxylation is 1. The van der Waals surface area contributed by atoms with Gasteiger partial charge < -0.3 is 5.32 Å². The van der Waals surface area contributed by atoms with Crippen molar-refractivity contribution in [2.24, 2.45) is 0 Å². The fourth-order valence-corrected chi connectivity index (χ4v) is 2.77. The number of aromatic nitrogens is 2. The topological polar surface area (TPSA) is 37.8 Å². The van der Waals surface area contributed by atoms with E-state index in [0.29, 0.717) is 6.04 Å². The Kier molecular flexibility index (Phi) is 4.76. The van der Waals surface area contributed by atoms with Crippen molar-refractivity contribution >= 4 is 16.7 Å². The van der Waals surface area contributed by atoms with Gasteiger partial charge in [0.1, 0.15) is 5.82 Å². The molecule has 0 saturated carbocycles. The van der Waals surface area contributed by atoms with Gasteiger partial charge in [0.25, 0.3) is 0 Å². The lowest BCUT2D eigenvalue weighted by molar-refractivity contribution is 0.554. The predicted molar refractivity (Wildman–Crippen MR) is 86.5 cm³/mol. The van der Waals surface area contributed by atoms with E-state index in [-0.39, 0.29) is 5.41 Å². The molecule has 2 rings (SSSR count). The van der Waals surface area contributed by atoms with Gasteiger partial charge in [0.15, 0.2) is 0 Å². The zero-order valence-corrected chi connectivity index (χ0v) is 13.5. The smallest absolute Gasteiger partial charge is 0.202 e. The van der Waals surface area contributed by atoms with Gasteiger partial charge in [-0.2, -0.15) is 4.37 Å². The van der Waals surface area contributed by atoms with E-state index in [4.69, 9.17) is 0 Å². The molecule has 3 nitrogen and oxygen atoms in total. The molecule has 4 heteroatoms. The third-order valence-electron chi connectivity index (χ3n) is 3.18. The quantitative estimate of drug-likeness (QED) is 0.893. The van der Waals surface area contributed by atoms with Gasteiger partial charge in [-0.3, -0.25) is 0 Å². The summed E-state index contributed by atoms with van der Waals surface area (Å²) in [5.74, 6) is 0.917. The Morgan fingerprint density at radius 2 is 1.90 bits per heavy atom. The van der Waals surface area contributed by atoms with Crippen molar-refractivity contribution < 1.29 is 0 Å². The van der Waals surface area contributed by atoms with Gasteiger partial charge in [-0.25, -0.2) is 4.98 Å². The molecule has 0 bridgehead atoms. The van der Waals surface area contributed by atoms with Gasteiger partial charge in [-0.05, 0) is 25.3 Å². The average molecular weight is 289 g/mol. The maximum atomic E-state index is 4.57. The van der Waals surface area contributed by atoms with Crippen LogP contribution in [0.1, 0.15) is 45.5 Å². The molecule has 1 atom stereocenters. The van der Waals surface area contributed by atoms with Crippen LogP contribution in [0.5, 0.6) is 0 Å². The Morgan fingerprint density at radius 1 is 1.20 bits per heavy atom. The van der Waals surface area contributed by atoms with E-state index in [1.807, 2.05) is 0 Å². The summed E-state index contributed by atoms with van der Waals surface area (Å²) in [6.07, 6.45) is 2.17. The molecule has 1 N–H and O–H groups in total. The minimum absolute atomic E-state index is 0.0176. The highest BCUT2D eigenvalue weighted by molar-refractivity contribution is 7.09. The van der Waals surface area contributed by atoms with Crippen LogP contribution in [0, 0.1) is 0 Å². The van der Waals surface area contributed by atoms with Crippen molar-refractivity contribution in [2.45, 2.75) is 52.0 Å². The van der Waals surface area contributed by atoms with Crippen LogP contribution in [-0.4, -0.2) is 15.4 Å². The third kappa shape index (κ3) is 4.30. The Hall–Kier alpha value is -1.42. The van der Waals surface area contributed by atoms with Crippen LogP contribution < -0.4 is 5.32 Å². The molecule has 0 spiro atoms. The molecule has 1 heterocycles. The van der Waals surface area contributed by atoms with Crippen LogP contribution in [0.15, 0.2) is 30.3 Å². The fourth-order valence-electron chi connectivity index (χ4n) is 1.90. The summed E-state index contributed by atoms with van der Waals surface area (Å²) in [6.45, 7) is 8.61. The summed E-state index contributed by atoms with van der Waals surface area (Å²) in [5.41, 5.74) is 1.40. The molecule has 2 aromatic rings. The molecule has 0 aliphatic heterocycles. The molecule has 0 radical (unpaired) electrons. The fraction of sp³-hybridized carbons (Fsp3) is 0.500. The van der Waals surface area contributed by atoms with Gasteiger partial charge in [-0.15, -0.1) is 0 Å². The monoisotopic (exact) mass is 289 g/mol. The van der Waals surface area contributed by atoms with Crippen LogP contribution in [0.25, 0.3) is 0 Å². The second kappa shape index (κ2) is 6.35. The highest BCUT2D eigenvalue weighted by atomic mass is 32.1. The Morgan fingerprint density at radius 3 is 2.50 bits per heavy atom. The lowest BCUT2D eigenvalue weighted by atomic mass is 9.96. The van der Waals surface area contributed by atoms with Crippen LogP contribution in [0.2, 0.25) is 0 Å². The molecule has 20 heavy (non-hydrogen) atoms. The van der Waals surface area contributed by atoms with E-state index < -0.39 is 0 Å². The van der Waals surface area contributed by atoms with E-state index in [0.717, 1.165) is 23.8 Å². The predicted octanol–water partition coefficient (Wildman–Crippen LogP) is 4.27. The number of hydrogen-bond acceptors (Lipinski definition) is 4. The Balaban J connectivity index is 1.85. The van der Waals surface area contributed by atoms with Gasteiger partial charge >= 0.3 is 0 Å². The van der Waals surface area contributed by atoms with E-state index >= 15 is 0 Å². The molecule has 108 valence electrons. The minimum atomic E-state index is 0.0176. The highest BCUT2D eigenvalue weighted by Gasteiger charge is 2.19. The lowest BCUT2D eigenvalue weighted by Gasteiger charge is -2.14. The summed E-state index contributed by atoms with van der Waals surface area (Å²) in [5, 5.41) is 4.38. The van der Waals surface area contributed by atoms with E-state index in [1.54, 1.807) is 0 Å². The van der Waals surface area contributed by atoms with Crippen molar-refractivity contribution in [1.29, 1.82) is 0 Å². The second-order valence-corrected chi connectivity index (χ2v) is 6.99. The maximum absolute atomic E-state index is 4.57. The standard InChI is InChI=1S/C16H23N3S/c1-12(10-11-13-8-6-5-7-9-13)17-15-18-14(19-20-15)16(2,3)4/h5-9,12H,10-11H2,1-4H3,(H,17,18,19). The number of nitrogens with zero attached hydrogens (tertiary/aromatic N) is 2. The van der Waals surface area contributed by atoms with Crippen molar-refractivity contribution in [1.82, 2.24) is 9.36 Å². The summed E-state index contributed by atoms with van der Waals surface area (Å²) >= 11 is 1.45. The van der Waals surface area contributed by atoms with Gasteiger partial charge in [0.2, 0.25) is 5.13 Å². The van der Waals surface area contributed by atoms with Gasteiger partial charge in [-0.1, -0.05) is 51.1 Å². The Bertz CT molecular complexity index is 528. The van der Waals surface area contributed by atoms with Crippen LogP contribution in [0.4, 0.5) is 5.13 Å². The zero-order chi connectivity index (χ0) is 14.6. The van der Waals surface area contributed by atoms with E-state index in [1.165, 1.54) is 17.1 Å².